The maximum Gasteiger partial charge on any atom is 0.127 e. The topological polar surface area (TPSA) is 30.5 Å². The van der Waals surface area contributed by atoms with Crippen LogP contribution in [0.3, 0.4) is 0 Å². The molecule has 0 aliphatic carbocycles. The van der Waals surface area contributed by atoms with E-state index in [2.05, 4.69) is 23.5 Å². The minimum Gasteiger partial charge on any atom is -0.497 e. The highest BCUT2D eigenvalue weighted by molar-refractivity contribution is 5.84. The van der Waals surface area contributed by atoms with Gasteiger partial charge in [-0.3, -0.25) is 0 Å². The van der Waals surface area contributed by atoms with Crippen molar-refractivity contribution >= 4 is 5.69 Å². The van der Waals surface area contributed by atoms with Crippen molar-refractivity contribution in [3.63, 3.8) is 0 Å². The third-order valence-electron chi connectivity index (χ3n) is 3.77. The average molecular weight is 269 g/mol. The number of ether oxygens (including phenoxy) is 2. The third kappa shape index (κ3) is 2.20. The van der Waals surface area contributed by atoms with E-state index in [0.29, 0.717) is 0 Å². The van der Waals surface area contributed by atoms with Crippen molar-refractivity contribution in [1.82, 2.24) is 0 Å². The van der Waals surface area contributed by atoms with E-state index in [1.807, 2.05) is 18.2 Å². The maximum absolute atomic E-state index is 5.51. The average Bonchev–Trinajstić information content (AvgIpc) is 2.53. The Hall–Kier alpha value is -2.16. The highest BCUT2D eigenvalue weighted by atomic mass is 16.5. The number of anilines is 1. The minimum absolute atomic E-state index is 0.842. The number of hydrogen-bond acceptors (Lipinski definition) is 3. The third-order valence-corrected chi connectivity index (χ3v) is 3.77. The van der Waals surface area contributed by atoms with Crippen molar-refractivity contribution in [3.05, 3.63) is 42.0 Å². The summed E-state index contributed by atoms with van der Waals surface area (Å²) in [5.41, 5.74) is 4.85. The van der Waals surface area contributed by atoms with Gasteiger partial charge in [0.05, 0.1) is 14.2 Å². The molecule has 2 aromatic rings. The Labute approximate surface area is 119 Å². The molecule has 0 radical (unpaired) electrons. The summed E-state index contributed by atoms with van der Waals surface area (Å²) in [6, 6.07) is 12.3. The molecule has 0 fully saturated rings. The number of hydrogen-bond donors (Lipinski definition) is 1. The Morgan fingerprint density at radius 3 is 2.70 bits per heavy atom. The van der Waals surface area contributed by atoms with Crippen LogP contribution in [0, 0.1) is 0 Å². The predicted molar refractivity (Wildman–Crippen MR) is 81.8 cm³/mol. The molecule has 3 nitrogen and oxygen atoms in total. The lowest BCUT2D eigenvalue weighted by Gasteiger charge is -2.22. The first-order valence-corrected chi connectivity index (χ1v) is 6.91. The number of fused-ring (bicyclic) bond motifs is 1. The smallest absolute Gasteiger partial charge is 0.127 e. The Kier molecular flexibility index (Phi) is 3.50. The van der Waals surface area contributed by atoms with Crippen LogP contribution in [-0.4, -0.2) is 20.8 Å². The molecule has 0 spiro atoms. The van der Waals surface area contributed by atoms with Crippen LogP contribution >= 0.6 is 0 Å². The molecule has 3 heteroatoms. The second-order valence-electron chi connectivity index (χ2n) is 4.94. The van der Waals surface area contributed by atoms with Gasteiger partial charge in [-0.15, -0.1) is 0 Å². The van der Waals surface area contributed by atoms with Crippen LogP contribution in [-0.2, 0) is 6.42 Å². The number of methoxy groups -OCH3 is 2. The van der Waals surface area contributed by atoms with Gasteiger partial charge in [0.1, 0.15) is 11.5 Å². The van der Waals surface area contributed by atoms with Gasteiger partial charge in [0.15, 0.2) is 0 Å². The normalized spacial score (nSPS) is 13.3. The second-order valence-corrected chi connectivity index (χ2v) is 4.94. The van der Waals surface area contributed by atoms with E-state index in [9.17, 15) is 0 Å². The molecule has 1 aliphatic rings. The van der Waals surface area contributed by atoms with Gasteiger partial charge in [0.25, 0.3) is 0 Å². The standard InChI is InChI=1S/C17H19NO2/c1-19-13-8-9-16(20-2)15(11-13)14-7-3-5-12-6-4-10-18-17(12)14/h3,5,7-9,11,18H,4,6,10H2,1-2H3. The van der Waals surface area contributed by atoms with E-state index in [4.69, 9.17) is 9.47 Å². The number of para-hydroxylation sites is 1. The fourth-order valence-corrected chi connectivity index (χ4v) is 2.76. The summed E-state index contributed by atoms with van der Waals surface area (Å²) < 4.78 is 10.9. The van der Waals surface area contributed by atoms with Crippen LogP contribution in [0.15, 0.2) is 36.4 Å². The van der Waals surface area contributed by atoms with Gasteiger partial charge >= 0.3 is 0 Å². The van der Waals surface area contributed by atoms with Crippen molar-refractivity contribution in [2.75, 3.05) is 26.1 Å². The molecule has 0 aromatic heterocycles. The van der Waals surface area contributed by atoms with E-state index < -0.39 is 0 Å². The summed E-state index contributed by atoms with van der Waals surface area (Å²) >= 11 is 0. The van der Waals surface area contributed by atoms with Crippen LogP contribution < -0.4 is 14.8 Å². The molecule has 0 saturated carbocycles. The first-order valence-electron chi connectivity index (χ1n) is 6.91. The molecule has 1 heterocycles. The van der Waals surface area contributed by atoms with Gasteiger partial charge in [0.2, 0.25) is 0 Å². The maximum atomic E-state index is 5.51. The number of aryl methyl sites for hydroxylation is 1. The molecule has 20 heavy (non-hydrogen) atoms. The summed E-state index contributed by atoms with van der Waals surface area (Å²) in [6.07, 6.45) is 2.31. The molecule has 0 saturated heterocycles. The fourth-order valence-electron chi connectivity index (χ4n) is 2.76. The molecular formula is C17H19NO2. The van der Waals surface area contributed by atoms with Gasteiger partial charge in [-0.05, 0) is 36.6 Å². The zero-order valence-electron chi connectivity index (χ0n) is 11.9. The minimum atomic E-state index is 0.842. The van der Waals surface area contributed by atoms with Gasteiger partial charge in [-0.25, -0.2) is 0 Å². The van der Waals surface area contributed by atoms with Crippen molar-refractivity contribution in [2.45, 2.75) is 12.8 Å². The van der Waals surface area contributed by atoms with Crippen LogP contribution in [0.5, 0.6) is 11.5 Å². The summed E-state index contributed by atoms with van der Waals surface area (Å²) in [4.78, 5) is 0. The van der Waals surface area contributed by atoms with Crippen LogP contribution in [0.4, 0.5) is 5.69 Å². The van der Waals surface area contributed by atoms with Crippen LogP contribution in [0.2, 0.25) is 0 Å². The first kappa shape index (κ1) is 12.9. The molecule has 1 N–H and O–H groups in total. The van der Waals surface area contributed by atoms with E-state index in [0.717, 1.165) is 30.0 Å². The van der Waals surface area contributed by atoms with Crippen molar-refractivity contribution in [1.29, 1.82) is 0 Å². The Bertz CT molecular complexity index is 622. The summed E-state index contributed by atoms with van der Waals surface area (Å²) in [7, 11) is 3.39. The SMILES string of the molecule is COc1ccc(OC)c(-c2cccc3c2NCCC3)c1. The highest BCUT2D eigenvalue weighted by Gasteiger charge is 2.16. The monoisotopic (exact) mass is 269 g/mol. The molecule has 2 aromatic carbocycles. The lowest BCUT2D eigenvalue weighted by molar-refractivity contribution is 0.404. The van der Waals surface area contributed by atoms with Gasteiger partial charge in [0, 0.05) is 23.4 Å². The van der Waals surface area contributed by atoms with Crippen molar-refractivity contribution in [2.24, 2.45) is 0 Å². The number of nitrogens with one attached hydrogen (secondary N) is 1. The van der Waals surface area contributed by atoms with Gasteiger partial charge in [-0.1, -0.05) is 18.2 Å². The molecule has 0 unspecified atom stereocenters. The van der Waals surface area contributed by atoms with Gasteiger partial charge in [-0.2, -0.15) is 0 Å². The van der Waals surface area contributed by atoms with Crippen LogP contribution in [0.1, 0.15) is 12.0 Å². The van der Waals surface area contributed by atoms with Crippen LogP contribution in [0.25, 0.3) is 11.1 Å². The quantitative estimate of drug-likeness (QED) is 0.921. The predicted octanol–water partition coefficient (Wildman–Crippen LogP) is 3.73. The number of benzene rings is 2. The highest BCUT2D eigenvalue weighted by Crippen LogP contribution is 2.40. The number of rotatable bonds is 3. The Morgan fingerprint density at radius 2 is 1.90 bits per heavy atom. The van der Waals surface area contributed by atoms with E-state index in [-0.39, 0.29) is 0 Å². The summed E-state index contributed by atoms with van der Waals surface area (Å²) in [5.74, 6) is 1.71. The van der Waals surface area contributed by atoms with Gasteiger partial charge < -0.3 is 14.8 Å². The molecule has 3 rings (SSSR count). The zero-order chi connectivity index (χ0) is 13.9. The molecule has 0 bridgehead atoms. The van der Waals surface area contributed by atoms with Crippen molar-refractivity contribution < 1.29 is 9.47 Å². The Balaban J connectivity index is 2.17. The zero-order valence-corrected chi connectivity index (χ0v) is 11.9. The fraction of sp³-hybridized carbons (Fsp3) is 0.294. The molecule has 0 amide bonds. The molecule has 1 aliphatic heterocycles. The lowest BCUT2D eigenvalue weighted by atomic mass is 9.94. The van der Waals surface area contributed by atoms with E-state index in [1.54, 1.807) is 14.2 Å². The first-order chi connectivity index (χ1) is 9.83. The molecular weight excluding hydrogens is 250 g/mol. The van der Waals surface area contributed by atoms with Crippen molar-refractivity contribution in [3.8, 4) is 22.6 Å². The van der Waals surface area contributed by atoms with E-state index >= 15 is 0 Å². The Morgan fingerprint density at radius 1 is 1.00 bits per heavy atom. The summed E-state index contributed by atoms with van der Waals surface area (Å²) in [5, 5.41) is 3.52. The molecule has 0 atom stereocenters. The largest absolute Gasteiger partial charge is 0.497 e. The molecule has 104 valence electrons. The summed E-state index contributed by atoms with van der Waals surface area (Å²) in [6.45, 7) is 1.02. The second kappa shape index (κ2) is 5.45. The lowest BCUT2D eigenvalue weighted by Crippen LogP contribution is -2.12. The van der Waals surface area contributed by atoms with E-state index in [1.165, 1.54) is 23.2 Å².